The van der Waals surface area contributed by atoms with Gasteiger partial charge in [-0.1, -0.05) is 15.9 Å². The quantitative estimate of drug-likeness (QED) is 0.703. The van der Waals surface area contributed by atoms with Gasteiger partial charge < -0.3 is 10.2 Å². The Kier molecular flexibility index (Phi) is 7.01. The minimum absolute atomic E-state index is 0.125. The zero-order chi connectivity index (χ0) is 21.1. The summed E-state index contributed by atoms with van der Waals surface area (Å²) in [4.78, 5) is 26.2. The van der Waals surface area contributed by atoms with Crippen molar-refractivity contribution in [3.63, 3.8) is 0 Å². The summed E-state index contributed by atoms with van der Waals surface area (Å²) in [6.45, 7) is 4.96. The second kappa shape index (κ2) is 8.87. The molecule has 0 saturated heterocycles. The molecule has 0 aromatic heterocycles. The summed E-state index contributed by atoms with van der Waals surface area (Å²) in [6.07, 6.45) is 0. The molecule has 6 nitrogen and oxygen atoms in total. The number of halogens is 1. The van der Waals surface area contributed by atoms with E-state index < -0.39 is 15.1 Å². The van der Waals surface area contributed by atoms with Gasteiger partial charge >= 0.3 is 0 Å². The molecule has 0 unspecified atom stereocenters. The van der Waals surface area contributed by atoms with Gasteiger partial charge in [0.2, 0.25) is 5.91 Å². The molecule has 8 heteroatoms. The number of likely N-dealkylation sites (N-methyl/N-ethyl adjacent to an activating group) is 1. The highest BCUT2D eigenvalue weighted by Gasteiger charge is 2.20. The van der Waals surface area contributed by atoms with E-state index in [1.165, 1.54) is 36.2 Å². The summed E-state index contributed by atoms with van der Waals surface area (Å²) < 4.78 is 25.2. The number of sulfone groups is 1. The molecule has 2 rings (SSSR count). The smallest absolute Gasteiger partial charge is 0.254 e. The van der Waals surface area contributed by atoms with Crippen LogP contribution in [-0.4, -0.2) is 44.0 Å². The molecule has 0 atom stereocenters. The van der Waals surface area contributed by atoms with Crippen molar-refractivity contribution in [2.24, 2.45) is 0 Å². The SMILES string of the molecule is Cc1cc(Br)ccc1NC(=O)CN(C)C(=O)c1ccc(S(=O)(=O)C(C)C)cc1. The van der Waals surface area contributed by atoms with Gasteiger partial charge in [0.15, 0.2) is 9.84 Å². The Balaban J connectivity index is 2.05. The molecule has 0 aliphatic carbocycles. The summed E-state index contributed by atoms with van der Waals surface area (Å²) >= 11 is 3.37. The highest BCUT2D eigenvalue weighted by molar-refractivity contribution is 9.10. The molecular formula is C20H23BrN2O4S. The van der Waals surface area contributed by atoms with Crippen molar-refractivity contribution in [1.29, 1.82) is 0 Å². The zero-order valence-electron chi connectivity index (χ0n) is 16.2. The second-order valence-corrected chi connectivity index (χ2v) is 10.2. The van der Waals surface area contributed by atoms with Crippen molar-refractivity contribution in [2.75, 3.05) is 18.9 Å². The van der Waals surface area contributed by atoms with Crippen molar-refractivity contribution in [3.8, 4) is 0 Å². The first-order valence-electron chi connectivity index (χ1n) is 8.68. The number of rotatable bonds is 6. The Labute approximate surface area is 174 Å². The van der Waals surface area contributed by atoms with Gasteiger partial charge in [-0.2, -0.15) is 0 Å². The van der Waals surface area contributed by atoms with E-state index in [2.05, 4.69) is 21.2 Å². The van der Waals surface area contributed by atoms with Crippen LogP contribution < -0.4 is 5.32 Å². The van der Waals surface area contributed by atoms with Crippen LogP contribution in [0.5, 0.6) is 0 Å². The predicted octanol–water partition coefficient (Wildman–Crippen LogP) is 3.65. The van der Waals surface area contributed by atoms with Crippen LogP contribution in [0, 0.1) is 6.92 Å². The number of hydrogen-bond donors (Lipinski definition) is 1. The zero-order valence-corrected chi connectivity index (χ0v) is 18.6. The normalized spacial score (nSPS) is 11.4. The lowest BCUT2D eigenvalue weighted by Gasteiger charge is -2.18. The lowest BCUT2D eigenvalue weighted by molar-refractivity contribution is -0.116. The fourth-order valence-corrected chi connectivity index (χ4v) is 4.06. The topological polar surface area (TPSA) is 83.6 Å². The first-order chi connectivity index (χ1) is 13.0. The maximum atomic E-state index is 12.5. The molecule has 1 N–H and O–H groups in total. The summed E-state index contributed by atoms with van der Waals surface area (Å²) in [5, 5.41) is 2.24. The van der Waals surface area contributed by atoms with Crippen LogP contribution in [0.4, 0.5) is 5.69 Å². The Bertz CT molecular complexity index is 986. The molecule has 0 spiro atoms. The van der Waals surface area contributed by atoms with Gasteiger partial charge in [0.1, 0.15) is 0 Å². The third kappa shape index (κ3) is 5.20. The largest absolute Gasteiger partial charge is 0.332 e. The van der Waals surface area contributed by atoms with Gasteiger partial charge in [0.25, 0.3) is 5.91 Å². The average molecular weight is 467 g/mol. The van der Waals surface area contributed by atoms with Crippen LogP contribution in [0.2, 0.25) is 0 Å². The molecule has 150 valence electrons. The lowest BCUT2D eigenvalue weighted by Crippen LogP contribution is -2.35. The van der Waals surface area contributed by atoms with Crippen molar-refractivity contribution in [1.82, 2.24) is 4.90 Å². The molecule has 2 aromatic rings. The van der Waals surface area contributed by atoms with E-state index in [1.807, 2.05) is 19.1 Å². The van der Waals surface area contributed by atoms with Gasteiger partial charge in [0, 0.05) is 22.8 Å². The summed E-state index contributed by atoms with van der Waals surface area (Å²) in [5.41, 5.74) is 1.90. The predicted molar refractivity (Wildman–Crippen MR) is 113 cm³/mol. The fourth-order valence-electron chi connectivity index (χ4n) is 2.52. The summed E-state index contributed by atoms with van der Waals surface area (Å²) in [6, 6.07) is 11.3. The maximum Gasteiger partial charge on any atom is 0.254 e. The number of nitrogens with zero attached hydrogens (tertiary/aromatic N) is 1. The standard InChI is InChI=1S/C20H23BrN2O4S/c1-13(2)28(26,27)17-8-5-15(6-9-17)20(25)23(4)12-19(24)22-18-10-7-16(21)11-14(18)3/h5-11,13H,12H2,1-4H3,(H,22,24). The molecule has 0 aliphatic heterocycles. The minimum Gasteiger partial charge on any atom is -0.332 e. The summed E-state index contributed by atoms with van der Waals surface area (Å²) in [7, 11) is -1.87. The second-order valence-electron chi connectivity index (χ2n) is 6.79. The molecule has 2 amide bonds. The van der Waals surface area contributed by atoms with E-state index in [9.17, 15) is 18.0 Å². The molecular weight excluding hydrogens is 444 g/mol. The van der Waals surface area contributed by atoms with Crippen molar-refractivity contribution in [2.45, 2.75) is 30.9 Å². The van der Waals surface area contributed by atoms with Crippen LogP contribution in [0.15, 0.2) is 51.8 Å². The number of benzene rings is 2. The van der Waals surface area contributed by atoms with Crippen LogP contribution in [0.1, 0.15) is 29.8 Å². The Morgan fingerprint density at radius 3 is 2.25 bits per heavy atom. The number of amides is 2. The fraction of sp³-hybridized carbons (Fsp3) is 0.300. The lowest BCUT2D eigenvalue weighted by atomic mass is 10.2. The van der Waals surface area contributed by atoms with Crippen molar-refractivity contribution in [3.05, 3.63) is 58.1 Å². The molecule has 2 aromatic carbocycles. The number of carbonyl (C=O) groups excluding carboxylic acids is 2. The summed E-state index contributed by atoms with van der Waals surface area (Å²) in [5.74, 6) is -0.684. The van der Waals surface area contributed by atoms with E-state index in [1.54, 1.807) is 19.9 Å². The molecule has 0 heterocycles. The number of anilines is 1. The molecule has 28 heavy (non-hydrogen) atoms. The highest BCUT2D eigenvalue weighted by atomic mass is 79.9. The average Bonchev–Trinajstić information content (AvgIpc) is 2.63. The van der Waals surface area contributed by atoms with Gasteiger partial charge in [0.05, 0.1) is 16.7 Å². The van der Waals surface area contributed by atoms with Crippen molar-refractivity contribution < 1.29 is 18.0 Å². The van der Waals surface area contributed by atoms with Crippen molar-refractivity contribution >= 4 is 43.3 Å². The molecule has 0 fully saturated rings. The first-order valence-corrected chi connectivity index (χ1v) is 11.0. The van der Waals surface area contributed by atoms with Crippen LogP contribution >= 0.6 is 15.9 Å². The van der Waals surface area contributed by atoms with Crippen LogP contribution in [0.25, 0.3) is 0 Å². The van der Waals surface area contributed by atoms with Gasteiger partial charge in [-0.3, -0.25) is 9.59 Å². The van der Waals surface area contributed by atoms with E-state index in [0.717, 1.165) is 10.0 Å². The maximum absolute atomic E-state index is 12.5. The monoisotopic (exact) mass is 466 g/mol. The van der Waals surface area contributed by atoms with Gasteiger partial charge in [-0.15, -0.1) is 0 Å². The van der Waals surface area contributed by atoms with E-state index in [4.69, 9.17) is 0 Å². The van der Waals surface area contributed by atoms with Gasteiger partial charge in [-0.05, 0) is 68.8 Å². The molecule has 0 radical (unpaired) electrons. The number of nitrogens with one attached hydrogen (secondary N) is 1. The number of aryl methyl sites for hydroxylation is 1. The number of hydrogen-bond acceptors (Lipinski definition) is 4. The number of carbonyl (C=O) groups is 2. The van der Waals surface area contributed by atoms with Gasteiger partial charge in [-0.25, -0.2) is 8.42 Å². The minimum atomic E-state index is -3.39. The Morgan fingerprint density at radius 1 is 1.11 bits per heavy atom. The van der Waals surface area contributed by atoms with Crippen LogP contribution in [0.3, 0.4) is 0 Å². The van der Waals surface area contributed by atoms with E-state index >= 15 is 0 Å². The van der Waals surface area contributed by atoms with E-state index in [-0.39, 0.29) is 23.3 Å². The molecule has 0 saturated carbocycles. The first kappa shape index (κ1) is 22.1. The van der Waals surface area contributed by atoms with E-state index in [0.29, 0.717) is 11.3 Å². The third-order valence-electron chi connectivity index (χ3n) is 4.24. The van der Waals surface area contributed by atoms with Crippen LogP contribution in [-0.2, 0) is 14.6 Å². The molecule has 0 aliphatic rings. The third-order valence-corrected chi connectivity index (χ3v) is 6.90. The Hall–Kier alpha value is -2.19. The molecule has 0 bridgehead atoms. The Morgan fingerprint density at radius 2 is 1.71 bits per heavy atom. The highest BCUT2D eigenvalue weighted by Crippen LogP contribution is 2.20.